The molecule has 130 valence electrons. The number of carboxylic acid groups (broad SMARTS) is 1. The maximum absolute atomic E-state index is 13.0. The molecule has 1 heterocycles. The molecule has 6 heteroatoms. The van der Waals surface area contributed by atoms with Gasteiger partial charge in [0.15, 0.2) is 0 Å². The first-order valence-electron chi connectivity index (χ1n) is 8.14. The third kappa shape index (κ3) is 4.41. The molecule has 1 aromatic carbocycles. The molecule has 0 aliphatic rings. The summed E-state index contributed by atoms with van der Waals surface area (Å²) in [5.41, 5.74) is 2.82. The molecule has 0 amide bonds. The zero-order valence-electron chi connectivity index (χ0n) is 14.4. The highest BCUT2D eigenvalue weighted by molar-refractivity contribution is 5.73. The molecule has 0 saturated carbocycles. The monoisotopic (exact) mass is 333 g/mol. The first kappa shape index (κ1) is 18.1. The Morgan fingerprint density at radius 1 is 1.38 bits per heavy atom. The van der Waals surface area contributed by atoms with Crippen molar-refractivity contribution in [1.82, 2.24) is 14.7 Å². The average Bonchev–Trinajstić information content (AvgIpc) is 2.89. The summed E-state index contributed by atoms with van der Waals surface area (Å²) in [6.07, 6.45) is 2.19. The number of nitrogens with zero attached hydrogens (tertiary/aromatic N) is 3. The number of hydrogen-bond acceptors (Lipinski definition) is 3. The van der Waals surface area contributed by atoms with E-state index in [0.29, 0.717) is 13.0 Å². The van der Waals surface area contributed by atoms with E-state index in [1.807, 2.05) is 32.0 Å². The predicted octanol–water partition coefficient (Wildman–Crippen LogP) is 2.95. The van der Waals surface area contributed by atoms with Crippen LogP contribution in [0, 0.1) is 5.82 Å². The molecule has 24 heavy (non-hydrogen) atoms. The Morgan fingerprint density at radius 3 is 2.62 bits per heavy atom. The number of aromatic nitrogens is 2. The van der Waals surface area contributed by atoms with Crippen LogP contribution in [0.1, 0.15) is 25.5 Å². The predicted molar refractivity (Wildman–Crippen MR) is 91.3 cm³/mol. The Morgan fingerprint density at radius 2 is 2.04 bits per heavy atom. The van der Waals surface area contributed by atoms with Gasteiger partial charge in [-0.25, -0.2) is 4.39 Å². The Hall–Kier alpha value is -2.21. The number of halogens is 1. The zero-order chi connectivity index (χ0) is 17.7. The summed E-state index contributed by atoms with van der Waals surface area (Å²) in [5.74, 6) is -1.04. The normalized spacial score (nSPS) is 12.5. The summed E-state index contributed by atoms with van der Waals surface area (Å²) >= 11 is 0. The van der Waals surface area contributed by atoms with Gasteiger partial charge in [-0.3, -0.25) is 14.4 Å². The number of carbonyl (C=O) groups is 1. The van der Waals surface area contributed by atoms with Crippen LogP contribution in [0.4, 0.5) is 4.39 Å². The number of likely N-dealkylation sites (N-methyl/N-ethyl adjacent to an activating group) is 1. The largest absolute Gasteiger partial charge is 0.480 e. The maximum atomic E-state index is 13.0. The molecule has 2 rings (SSSR count). The SMILES string of the molecule is CCC(C(=O)O)N(C)CCCc1cc(-c2ccc(F)cc2)n(C)n1. The minimum absolute atomic E-state index is 0.256. The summed E-state index contributed by atoms with van der Waals surface area (Å²) in [7, 11) is 3.70. The van der Waals surface area contributed by atoms with Gasteiger partial charge in [0.1, 0.15) is 11.9 Å². The number of rotatable bonds is 8. The number of aryl methyl sites for hydroxylation is 2. The van der Waals surface area contributed by atoms with Crippen LogP contribution in [-0.2, 0) is 18.3 Å². The summed E-state index contributed by atoms with van der Waals surface area (Å²) in [6, 6.07) is 7.91. The second-order valence-corrected chi connectivity index (χ2v) is 6.00. The van der Waals surface area contributed by atoms with Gasteiger partial charge in [-0.15, -0.1) is 0 Å². The Bertz CT molecular complexity index is 682. The molecule has 1 N–H and O–H groups in total. The number of hydrogen-bond donors (Lipinski definition) is 1. The van der Waals surface area contributed by atoms with Crippen molar-refractivity contribution in [3.63, 3.8) is 0 Å². The molecule has 0 spiro atoms. The first-order valence-corrected chi connectivity index (χ1v) is 8.14. The van der Waals surface area contributed by atoms with E-state index < -0.39 is 12.0 Å². The number of aliphatic carboxylic acids is 1. The molecule has 1 aromatic heterocycles. The third-order valence-corrected chi connectivity index (χ3v) is 4.22. The average molecular weight is 333 g/mol. The van der Waals surface area contributed by atoms with Crippen LogP contribution in [0.15, 0.2) is 30.3 Å². The van der Waals surface area contributed by atoms with Crippen molar-refractivity contribution in [1.29, 1.82) is 0 Å². The van der Waals surface area contributed by atoms with Gasteiger partial charge < -0.3 is 5.11 Å². The van der Waals surface area contributed by atoms with E-state index >= 15 is 0 Å². The van der Waals surface area contributed by atoms with E-state index in [2.05, 4.69) is 5.10 Å². The summed E-state index contributed by atoms with van der Waals surface area (Å²) in [5, 5.41) is 13.7. The first-order chi connectivity index (χ1) is 11.4. The smallest absolute Gasteiger partial charge is 0.320 e. The van der Waals surface area contributed by atoms with E-state index in [4.69, 9.17) is 5.11 Å². The fourth-order valence-electron chi connectivity index (χ4n) is 2.88. The van der Waals surface area contributed by atoms with Gasteiger partial charge in [0.05, 0.1) is 11.4 Å². The van der Waals surface area contributed by atoms with Crippen molar-refractivity contribution in [3.05, 3.63) is 41.8 Å². The van der Waals surface area contributed by atoms with Crippen molar-refractivity contribution >= 4 is 5.97 Å². The lowest BCUT2D eigenvalue weighted by Gasteiger charge is -2.23. The van der Waals surface area contributed by atoms with Crippen molar-refractivity contribution in [3.8, 4) is 11.3 Å². The van der Waals surface area contributed by atoms with E-state index in [-0.39, 0.29) is 5.82 Å². The summed E-state index contributed by atoms with van der Waals surface area (Å²) in [4.78, 5) is 13.0. The molecular weight excluding hydrogens is 309 g/mol. The van der Waals surface area contributed by atoms with Gasteiger partial charge in [-0.2, -0.15) is 5.10 Å². The van der Waals surface area contributed by atoms with Crippen LogP contribution in [0.5, 0.6) is 0 Å². The lowest BCUT2D eigenvalue weighted by atomic mass is 10.1. The van der Waals surface area contributed by atoms with E-state index in [9.17, 15) is 9.18 Å². The van der Waals surface area contributed by atoms with Crippen LogP contribution in [-0.4, -0.2) is 45.4 Å². The maximum Gasteiger partial charge on any atom is 0.320 e. The molecule has 1 unspecified atom stereocenters. The molecule has 0 aliphatic heterocycles. The fraction of sp³-hybridized carbons (Fsp3) is 0.444. The van der Waals surface area contributed by atoms with Gasteiger partial charge in [-0.1, -0.05) is 6.92 Å². The Balaban J connectivity index is 1.96. The van der Waals surface area contributed by atoms with Crippen LogP contribution < -0.4 is 0 Å². The van der Waals surface area contributed by atoms with Gasteiger partial charge >= 0.3 is 5.97 Å². The molecule has 2 aromatic rings. The van der Waals surface area contributed by atoms with Crippen molar-refractivity contribution < 1.29 is 14.3 Å². The summed E-state index contributed by atoms with van der Waals surface area (Å²) < 4.78 is 14.8. The molecule has 0 radical (unpaired) electrons. The number of carboxylic acids is 1. The fourth-order valence-corrected chi connectivity index (χ4v) is 2.88. The lowest BCUT2D eigenvalue weighted by Crippen LogP contribution is -2.38. The lowest BCUT2D eigenvalue weighted by molar-refractivity contribution is -0.142. The molecule has 5 nitrogen and oxygen atoms in total. The minimum atomic E-state index is -0.781. The zero-order valence-corrected chi connectivity index (χ0v) is 14.4. The van der Waals surface area contributed by atoms with Crippen molar-refractivity contribution in [2.75, 3.05) is 13.6 Å². The molecule has 1 atom stereocenters. The van der Waals surface area contributed by atoms with Gasteiger partial charge in [0.25, 0.3) is 0 Å². The molecule has 0 aliphatic carbocycles. The molecular formula is C18H24FN3O2. The second kappa shape index (κ2) is 8.06. The second-order valence-electron chi connectivity index (χ2n) is 6.00. The number of benzene rings is 1. The standard InChI is InChI=1S/C18H24FN3O2/c1-4-16(18(23)24)21(2)11-5-6-15-12-17(22(3)20-15)13-7-9-14(19)10-8-13/h7-10,12,16H,4-6,11H2,1-3H3,(H,23,24). The Kier molecular flexibility index (Phi) is 6.09. The van der Waals surface area contributed by atoms with Crippen LogP contribution >= 0.6 is 0 Å². The summed E-state index contributed by atoms with van der Waals surface area (Å²) in [6.45, 7) is 2.58. The van der Waals surface area contributed by atoms with Gasteiger partial charge in [0.2, 0.25) is 0 Å². The van der Waals surface area contributed by atoms with E-state index in [0.717, 1.165) is 29.8 Å². The van der Waals surface area contributed by atoms with Gasteiger partial charge in [-0.05, 0) is 68.8 Å². The highest BCUT2D eigenvalue weighted by Crippen LogP contribution is 2.20. The van der Waals surface area contributed by atoms with E-state index in [1.54, 1.807) is 16.8 Å². The highest BCUT2D eigenvalue weighted by atomic mass is 19.1. The molecule has 0 bridgehead atoms. The van der Waals surface area contributed by atoms with E-state index in [1.165, 1.54) is 12.1 Å². The van der Waals surface area contributed by atoms with Crippen LogP contribution in [0.2, 0.25) is 0 Å². The Labute approximate surface area is 141 Å². The quantitative estimate of drug-likeness (QED) is 0.807. The minimum Gasteiger partial charge on any atom is -0.480 e. The third-order valence-electron chi connectivity index (χ3n) is 4.22. The van der Waals surface area contributed by atoms with Crippen molar-refractivity contribution in [2.24, 2.45) is 7.05 Å². The van der Waals surface area contributed by atoms with Crippen LogP contribution in [0.3, 0.4) is 0 Å². The molecule has 0 saturated heterocycles. The molecule has 0 fully saturated rings. The van der Waals surface area contributed by atoms with Crippen LogP contribution in [0.25, 0.3) is 11.3 Å². The van der Waals surface area contributed by atoms with Gasteiger partial charge in [0, 0.05) is 7.05 Å². The van der Waals surface area contributed by atoms with Crippen molar-refractivity contribution in [2.45, 2.75) is 32.2 Å². The topological polar surface area (TPSA) is 58.4 Å². The highest BCUT2D eigenvalue weighted by Gasteiger charge is 2.19.